The van der Waals surface area contributed by atoms with Gasteiger partial charge in [0.25, 0.3) is 0 Å². The van der Waals surface area contributed by atoms with Gasteiger partial charge in [0.1, 0.15) is 0 Å². The first-order valence-electron chi connectivity index (χ1n) is 6.42. The van der Waals surface area contributed by atoms with Crippen LogP contribution in [0, 0.1) is 6.92 Å². The smallest absolute Gasteiger partial charge is 0.200 e. The molecule has 0 saturated carbocycles. The first-order chi connectivity index (χ1) is 9.70. The zero-order valence-corrected chi connectivity index (χ0v) is 11.9. The molecular formula is C16H14N2OS. The minimum atomic E-state index is 0.0898. The van der Waals surface area contributed by atoms with Gasteiger partial charge < -0.3 is 4.98 Å². The molecule has 0 aliphatic heterocycles. The highest BCUT2D eigenvalue weighted by Gasteiger charge is 2.10. The number of imidazole rings is 1. The van der Waals surface area contributed by atoms with Crippen molar-refractivity contribution >= 4 is 27.9 Å². The molecule has 20 heavy (non-hydrogen) atoms. The van der Waals surface area contributed by atoms with Gasteiger partial charge in [0.05, 0.1) is 11.0 Å². The predicted molar refractivity (Wildman–Crippen MR) is 81.8 cm³/mol. The third-order valence-electron chi connectivity index (χ3n) is 3.02. The second-order valence-electron chi connectivity index (χ2n) is 4.70. The van der Waals surface area contributed by atoms with Crippen molar-refractivity contribution in [3.8, 4) is 0 Å². The Bertz CT molecular complexity index is 750. The summed E-state index contributed by atoms with van der Waals surface area (Å²) in [5, 5.41) is 0.749. The maximum absolute atomic E-state index is 12.0. The van der Waals surface area contributed by atoms with Crippen LogP contribution in [0.5, 0.6) is 0 Å². The van der Waals surface area contributed by atoms with E-state index in [0.29, 0.717) is 11.6 Å². The van der Waals surface area contributed by atoms with E-state index in [9.17, 15) is 4.79 Å². The van der Waals surface area contributed by atoms with Crippen LogP contribution >= 0.6 is 11.8 Å². The summed E-state index contributed by atoms with van der Waals surface area (Å²) in [6.07, 6.45) is 0.418. The van der Waals surface area contributed by atoms with Crippen LogP contribution in [0.15, 0.2) is 53.7 Å². The fraction of sp³-hybridized carbons (Fsp3) is 0.125. The molecule has 0 bridgehead atoms. The number of carbonyl (C=O) groups excluding carboxylic acids is 1. The van der Waals surface area contributed by atoms with Gasteiger partial charge in [0.15, 0.2) is 5.16 Å². The fourth-order valence-electron chi connectivity index (χ4n) is 2.05. The molecular weight excluding hydrogens is 268 g/mol. The Kier molecular flexibility index (Phi) is 3.56. The van der Waals surface area contributed by atoms with Crippen molar-refractivity contribution in [2.75, 3.05) is 0 Å². The highest BCUT2D eigenvalue weighted by Crippen LogP contribution is 2.22. The normalized spacial score (nSPS) is 10.8. The molecule has 0 atom stereocenters. The number of rotatable bonds is 3. The molecule has 3 nitrogen and oxygen atoms in total. The van der Waals surface area contributed by atoms with E-state index in [4.69, 9.17) is 0 Å². The molecule has 0 radical (unpaired) electrons. The predicted octanol–water partition coefficient (Wildman–Crippen LogP) is 3.73. The SMILES string of the molecule is Cc1ccc2nc(SC(=O)Cc3ccccc3)[nH]c2c1. The van der Waals surface area contributed by atoms with Crippen molar-refractivity contribution < 1.29 is 4.79 Å². The third-order valence-corrected chi connectivity index (χ3v) is 3.78. The average Bonchev–Trinajstić information content (AvgIpc) is 2.80. The Hall–Kier alpha value is -2.07. The van der Waals surface area contributed by atoms with Gasteiger partial charge >= 0.3 is 0 Å². The van der Waals surface area contributed by atoms with Crippen LogP contribution in [0.1, 0.15) is 11.1 Å². The Morgan fingerprint density at radius 3 is 2.80 bits per heavy atom. The van der Waals surface area contributed by atoms with Crippen molar-refractivity contribution in [2.24, 2.45) is 0 Å². The molecule has 3 aromatic rings. The molecule has 1 aromatic heterocycles. The number of H-pyrrole nitrogens is 1. The lowest BCUT2D eigenvalue weighted by atomic mass is 10.2. The summed E-state index contributed by atoms with van der Waals surface area (Å²) in [5.74, 6) is 0. The molecule has 2 aromatic carbocycles. The summed E-state index contributed by atoms with van der Waals surface area (Å²) in [6.45, 7) is 2.04. The van der Waals surface area contributed by atoms with Crippen molar-refractivity contribution in [2.45, 2.75) is 18.5 Å². The van der Waals surface area contributed by atoms with Crippen LogP contribution in [-0.4, -0.2) is 15.1 Å². The molecule has 0 saturated heterocycles. The molecule has 1 N–H and O–H groups in total. The van der Waals surface area contributed by atoms with Gasteiger partial charge in [-0.05, 0) is 41.9 Å². The van der Waals surface area contributed by atoms with Crippen LogP contribution in [0.3, 0.4) is 0 Å². The highest BCUT2D eigenvalue weighted by molar-refractivity contribution is 8.13. The van der Waals surface area contributed by atoms with Crippen LogP contribution in [0.4, 0.5) is 0 Å². The first-order valence-corrected chi connectivity index (χ1v) is 7.23. The average molecular weight is 282 g/mol. The van der Waals surface area contributed by atoms with Crippen LogP contribution in [0.25, 0.3) is 11.0 Å². The maximum Gasteiger partial charge on any atom is 0.200 e. The number of fused-ring (bicyclic) bond motifs is 1. The molecule has 3 rings (SSSR count). The van der Waals surface area contributed by atoms with Gasteiger partial charge in [0.2, 0.25) is 5.12 Å². The second-order valence-corrected chi connectivity index (χ2v) is 5.75. The molecule has 0 fully saturated rings. The topological polar surface area (TPSA) is 45.8 Å². The van der Waals surface area contributed by atoms with Gasteiger partial charge in [-0.1, -0.05) is 36.4 Å². The number of benzene rings is 2. The number of nitrogens with one attached hydrogen (secondary N) is 1. The number of aromatic amines is 1. The summed E-state index contributed by atoms with van der Waals surface area (Å²) in [7, 11) is 0. The number of hydrogen-bond donors (Lipinski definition) is 1. The van der Waals surface area contributed by atoms with E-state index in [2.05, 4.69) is 9.97 Å². The van der Waals surface area contributed by atoms with E-state index in [1.54, 1.807) is 0 Å². The van der Waals surface area contributed by atoms with Crippen molar-refractivity contribution in [1.82, 2.24) is 9.97 Å². The maximum atomic E-state index is 12.0. The largest absolute Gasteiger partial charge is 0.333 e. The van der Waals surface area contributed by atoms with Gasteiger partial charge in [-0.15, -0.1) is 0 Å². The van der Waals surface area contributed by atoms with E-state index < -0.39 is 0 Å². The first kappa shape index (κ1) is 12.9. The van der Waals surface area contributed by atoms with Crippen molar-refractivity contribution in [1.29, 1.82) is 0 Å². The molecule has 1 heterocycles. The molecule has 0 amide bonds. The molecule has 0 aliphatic carbocycles. The quantitative estimate of drug-likeness (QED) is 0.744. The van der Waals surface area contributed by atoms with E-state index in [1.807, 2.05) is 55.5 Å². The number of hydrogen-bond acceptors (Lipinski definition) is 3. The van der Waals surface area contributed by atoms with Gasteiger partial charge in [-0.25, -0.2) is 4.98 Å². The molecule has 0 aliphatic rings. The van der Waals surface area contributed by atoms with E-state index in [0.717, 1.165) is 28.4 Å². The number of aromatic nitrogens is 2. The van der Waals surface area contributed by atoms with E-state index in [-0.39, 0.29) is 5.12 Å². The molecule has 0 unspecified atom stereocenters. The zero-order chi connectivity index (χ0) is 13.9. The van der Waals surface area contributed by atoms with Crippen molar-refractivity contribution in [3.63, 3.8) is 0 Å². The van der Waals surface area contributed by atoms with E-state index >= 15 is 0 Å². The summed E-state index contributed by atoms with van der Waals surface area (Å²) in [6, 6.07) is 15.8. The molecule has 4 heteroatoms. The second kappa shape index (κ2) is 5.51. The molecule has 0 spiro atoms. The monoisotopic (exact) mass is 282 g/mol. The Balaban J connectivity index is 1.74. The fourth-order valence-corrected chi connectivity index (χ4v) is 2.81. The number of carbonyl (C=O) groups is 1. The molecule has 100 valence electrons. The minimum absolute atomic E-state index is 0.0898. The number of nitrogens with zero attached hydrogens (tertiary/aromatic N) is 1. The zero-order valence-electron chi connectivity index (χ0n) is 11.1. The van der Waals surface area contributed by atoms with Crippen molar-refractivity contribution in [3.05, 3.63) is 59.7 Å². The minimum Gasteiger partial charge on any atom is -0.333 e. The summed E-state index contributed by atoms with van der Waals surface area (Å²) in [4.78, 5) is 19.6. The Morgan fingerprint density at radius 2 is 2.00 bits per heavy atom. The summed E-state index contributed by atoms with van der Waals surface area (Å²) < 4.78 is 0. The lowest BCUT2D eigenvalue weighted by Crippen LogP contribution is -1.97. The third kappa shape index (κ3) is 2.91. The number of aryl methyl sites for hydroxylation is 1. The Morgan fingerprint density at radius 1 is 1.20 bits per heavy atom. The van der Waals surface area contributed by atoms with Crippen LogP contribution in [-0.2, 0) is 11.2 Å². The van der Waals surface area contributed by atoms with Gasteiger partial charge in [-0.3, -0.25) is 4.79 Å². The summed E-state index contributed by atoms with van der Waals surface area (Å²) in [5.41, 5.74) is 4.07. The standard InChI is InChI=1S/C16H14N2OS/c1-11-7-8-13-14(9-11)18-16(17-13)20-15(19)10-12-5-3-2-4-6-12/h2-9H,10H2,1H3,(H,17,18). The van der Waals surface area contributed by atoms with E-state index in [1.165, 1.54) is 5.56 Å². The van der Waals surface area contributed by atoms with Crippen LogP contribution in [0.2, 0.25) is 0 Å². The number of thioether (sulfide) groups is 1. The lowest BCUT2D eigenvalue weighted by molar-refractivity contribution is -0.110. The lowest BCUT2D eigenvalue weighted by Gasteiger charge is -1.98. The van der Waals surface area contributed by atoms with Gasteiger partial charge in [0, 0.05) is 6.42 Å². The highest BCUT2D eigenvalue weighted by atomic mass is 32.2. The summed E-state index contributed by atoms with van der Waals surface area (Å²) >= 11 is 1.16. The van der Waals surface area contributed by atoms with Crippen LogP contribution < -0.4 is 0 Å². The van der Waals surface area contributed by atoms with Gasteiger partial charge in [-0.2, -0.15) is 0 Å². The Labute approximate surface area is 121 Å².